The molecule has 34 heavy (non-hydrogen) atoms. The van der Waals surface area contributed by atoms with Crippen LogP contribution >= 0.6 is 39.1 Å². The summed E-state index contributed by atoms with van der Waals surface area (Å²) in [5.41, 5.74) is 1.43. The minimum absolute atomic E-state index is 0.107. The highest BCUT2D eigenvalue weighted by Gasteiger charge is 2.14. The molecule has 0 spiro atoms. The van der Waals surface area contributed by atoms with Gasteiger partial charge in [-0.3, -0.25) is 9.36 Å². The van der Waals surface area contributed by atoms with E-state index in [2.05, 4.69) is 20.9 Å². The number of phenolic OH excluding ortho intramolecular Hbond substituents is 1. The molecule has 0 aliphatic carbocycles. The van der Waals surface area contributed by atoms with Gasteiger partial charge in [-0.2, -0.15) is 0 Å². The number of benzene rings is 3. The van der Waals surface area contributed by atoms with Gasteiger partial charge in [0.25, 0.3) is 5.56 Å². The summed E-state index contributed by atoms with van der Waals surface area (Å²) in [6.07, 6.45) is 3.16. The molecule has 0 aliphatic heterocycles. The van der Waals surface area contributed by atoms with E-state index < -0.39 is 5.97 Å². The van der Waals surface area contributed by atoms with E-state index in [9.17, 15) is 14.7 Å². The normalized spacial score (nSPS) is 11.3. The number of ether oxygens (including phenoxy) is 1. The van der Waals surface area contributed by atoms with E-state index in [1.54, 1.807) is 67.6 Å². The highest BCUT2D eigenvalue weighted by molar-refractivity contribution is 9.10. The molecule has 0 unspecified atom stereocenters. The third-order valence-electron chi connectivity index (χ3n) is 4.96. The molecule has 0 aliphatic rings. The Kier molecular flexibility index (Phi) is 7.07. The molecule has 4 rings (SSSR count). The van der Waals surface area contributed by atoms with Crippen LogP contribution in [0, 0.1) is 0 Å². The van der Waals surface area contributed by atoms with Crippen molar-refractivity contribution in [2.24, 2.45) is 0 Å². The van der Waals surface area contributed by atoms with Gasteiger partial charge in [-0.1, -0.05) is 39.1 Å². The third-order valence-corrected chi connectivity index (χ3v) is 5.96. The Morgan fingerprint density at radius 2 is 1.85 bits per heavy atom. The Bertz CT molecular complexity index is 1500. The molecule has 1 N–H and O–H groups in total. The molecule has 0 saturated heterocycles. The van der Waals surface area contributed by atoms with Crippen molar-refractivity contribution in [1.29, 1.82) is 0 Å². The summed E-state index contributed by atoms with van der Waals surface area (Å²) in [4.78, 5) is 30.2. The van der Waals surface area contributed by atoms with Crippen molar-refractivity contribution >= 4 is 68.2 Å². The van der Waals surface area contributed by atoms with E-state index in [1.165, 1.54) is 10.6 Å². The molecular formula is C25H17BrCl2N2O4. The van der Waals surface area contributed by atoms with Crippen LogP contribution in [0.4, 0.5) is 0 Å². The van der Waals surface area contributed by atoms with Gasteiger partial charge in [0.2, 0.25) is 0 Å². The Labute approximate surface area is 213 Å². The number of aromatic hydroxyl groups is 1. The van der Waals surface area contributed by atoms with E-state index in [1.807, 2.05) is 0 Å². The smallest absolute Gasteiger partial charge is 0.338 e. The minimum Gasteiger partial charge on any atom is -0.506 e. The van der Waals surface area contributed by atoms with Crippen LogP contribution in [0.3, 0.4) is 0 Å². The van der Waals surface area contributed by atoms with Crippen LogP contribution in [0.5, 0.6) is 5.75 Å². The van der Waals surface area contributed by atoms with Crippen molar-refractivity contribution in [1.82, 2.24) is 9.55 Å². The SMILES string of the molecule is CCOC(=O)c1ccc(-n2c(/C=C/c3cc(Cl)cc(Cl)c3O)nc3ccc(Br)cc3c2=O)cc1. The zero-order valence-corrected chi connectivity index (χ0v) is 20.9. The Balaban J connectivity index is 1.90. The summed E-state index contributed by atoms with van der Waals surface area (Å²) in [5, 5.41) is 11.2. The Morgan fingerprint density at radius 3 is 2.56 bits per heavy atom. The number of carbonyl (C=O) groups is 1. The van der Waals surface area contributed by atoms with Crippen molar-refractivity contribution < 1.29 is 14.6 Å². The fraction of sp³-hybridized carbons (Fsp3) is 0.0800. The summed E-state index contributed by atoms with van der Waals surface area (Å²) in [6, 6.07) is 14.7. The van der Waals surface area contributed by atoms with Crippen molar-refractivity contribution in [3.63, 3.8) is 0 Å². The number of rotatable bonds is 5. The second-order valence-corrected chi connectivity index (χ2v) is 8.96. The summed E-state index contributed by atoms with van der Waals surface area (Å²) in [7, 11) is 0. The highest BCUT2D eigenvalue weighted by Crippen LogP contribution is 2.32. The molecule has 3 aromatic carbocycles. The molecule has 9 heteroatoms. The first kappa shape index (κ1) is 24.0. The number of phenols is 1. The maximum Gasteiger partial charge on any atom is 0.338 e. The van der Waals surface area contributed by atoms with Crippen molar-refractivity contribution in [2.45, 2.75) is 6.92 Å². The quantitative estimate of drug-likeness (QED) is 0.282. The predicted octanol–water partition coefficient (Wildman–Crippen LogP) is 6.51. The second-order valence-electron chi connectivity index (χ2n) is 7.20. The maximum atomic E-state index is 13.5. The molecule has 1 heterocycles. The van der Waals surface area contributed by atoms with Gasteiger partial charge in [-0.25, -0.2) is 9.78 Å². The van der Waals surface area contributed by atoms with Crippen LogP contribution in [0.2, 0.25) is 10.0 Å². The summed E-state index contributed by atoms with van der Waals surface area (Å²) in [6.45, 7) is 1.99. The monoisotopic (exact) mass is 558 g/mol. The first-order valence-corrected chi connectivity index (χ1v) is 11.7. The van der Waals surface area contributed by atoms with Gasteiger partial charge in [0.05, 0.1) is 33.8 Å². The number of fused-ring (bicyclic) bond motifs is 1. The molecule has 4 aromatic rings. The van der Waals surface area contributed by atoms with Crippen molar-refractivity contribution in [3.8, 4) is 11.4 Å². The van der Waals surface area contributed by atoms with Crippen LogP contribution in [-0.4, -0.2) is 27.2 Å². The Hall–Kier alpha value is -3.13. The van der Waals surface area contributed by atoms with Gasteiger partial charge >= 0.3 is 5.97 Å². The van der Waals surface area contributed by atoms with Crippen LogP contribution in [0.15, 0.2) is 63.9 Å². The van der Waals surface area contributed by atoms with Gasteiger partial charge in [0, 0.05) is 15.1 Å². The standard InChI is InChI=1S/C25H17BrCl2N2O4/c1-2-34-25(33)14-3-7-18(8-4-14)30-22(10-5-15-11-17(27)13-20(28)23(15)31)29-21-9-6-16(26)12-19(21)24(30)32/h3-13,31H,2H2,1H3/b10-5+. The number of aromatic nitrogens is 2. The molecule has 0 atom stereocenters. The lowest BCUT2D eigenvalue weighted by Crippen LogP contribution is -2.22. The average Bonchev–Trinajstić information content (AvgIpc) is 2.81. The van der Waals surface area contributed by atoms with Crippen molar-refractivity contribution in [2.75, 3.05) is 6.61 Å². The van der Waals surface area contributed by atoms with E-state index in [0.29, 0.717) is 38.6 Å². The lowest BCUT2D eigenvalue weighted by atomic mass is 10.1. The van der Waals surface area contributed by atoms with Gasteiger partial charge in [0.15, 0.2) is 0 Å². The molecule has 0 fully saturated rings. The van der Waals surface area contributed by atoms with Crippen LogP contribution in [-0.2, 0) is 4.74 Å². The van der Waals surface area contributed by atoms with E-state index in [0.717, 1.165) is 4.47 Å². The maximum absolute atomic E-state index is 13.5. The summed E-state index contributed by atoms with van der Waals surface area (Å²) in [5.74, 6) is -0.283. The fourth-order valence-corrected chi connectivity index (χ4v) is 4.24. The predicted molar refractivity (Wildman–Crippen MR) is 138 cm³/mol. The molecule has 0 amide bonds. The lowest BCUT2D eigenvalue weighted by Gasteiger charge is -2.12. The second kappa shape index (κ2) is 10.0. The average molecular weight is 560 g/mol. The zero-order chi connectivity index (χ0) is 24.4. The minimum atomic E-state index is -0.449. The summed E-state index contributed by atoms with van der Waals surface area (Å²) < 4.78 is 7.19. The topological polar surface area (TPSA) is 81.4 Å². The number of halogens is 3. The molecule has 172 valence electrons. The van der Waals surface area contributed by atoms with Gasteiger partial charge < -0.3 is 9.84 Å². The number of nitrogens with zero attached hydrogens (tertiary/aromatic N) is 2. The van der Waals surface area contributed by atoms with Crippen LogP contribution < -0.4 is 5.56 Å². The largest absolute Gasteiger partial charge is 0.506 e. The number of esters is 1. The van der Waals surface area contributed by atoms with Gasteiger partial charge in [-0.15, -0.1) is 0 Å². The van der Waals surface area contributed by atoms with E-state index in [4.69, 9.17) is 27.9 Å². The first-order valence-electron chi connectivity index (χ1n) is 10.1. The number of carbonyl (C=O) groups excluding carboxylic acids is 1. The molecule has 1 aromatic heterocycles. The van der Waals surface area contributed by atoms with E-state index in [-0.39, 0.29) is 22.9 Å². The molecule has 0 bridgehead atoms. The molecular weight excluding hydrogens is 543 g/mol. The fourth-order valence-electron chi connectivity index (χ4n) is 3.37. The summed E-state index contributed by atoms with van der Waals surface area (Å²) >= 11 is 15.5. The molecule has 6 nitrogen and oxygen atoms in total. The third kappa shape index (κ3) is 4.87. The zero-order valence-electron chi connectivity index (χ0n) is 17.8. The van der Waals surface area contributed by atoms with Gasteiger partial charge in [0.1, 0.15) is 11.6 Å². The van der Waals surface area contributed by atoms with E-state index >= 15 is 0 Å². The van der Waals surface area contributed by atoms with Crippen LogP contribution in [0.1, 0.15) is 28.7 Å². The molecule has 0 radical (unpaired) electrons. The number of hydrogen-bond donors (Lipinski definition) is 1. The number of hydrogen-bond acceptors (Lipinski definition) is 5. The van der Waals surface area contributed by atoms with Crippen molar-refractivity contribution in [3.05, 3.63) is 96.4 Å². The molecule has 0 saturated carbocycles. The lowest BCUT2D eigenvalue weighted by molar-refractivity contribution is 0.0526. The Morgan fingerprint density at radius 1 is 1.12 bits per heavy atom. The first-order chi connectivity index (χ1) is 16.3. The van der Waals surface area contributed by atoms with Gasteiger partial charge in [-0.05, 0) is 73.7 Å². The van der Waals surface area contributed by atoms with Crippen LogP contribution in [0.25, 0.3) is 28.7 Å². The highest BCUT2D eigenvalue weighted by atomic mass is 79.9.